The van der Waals surface area contributed by atoms with Crippen molar-refractivity contribution in [2.75, 3.05) is 17.1 Å². The van der Waals surface area contributed by atoms with Crippen molar-refractivity contribution >= 4 is 34.5 Å². The number of nitrogens with zero attached hydrogens (tertiary/aromatic N) is 3. The standard InChI is InChI=1S/C23H19F2N5O2S/c1-12-11-30-22(31)16-7-13(3-5-18(16)28-23(30)27-12)14-8-19(21(32-2)26-10-14)29-33-20-6-4-15(24)9-17(20)25/h3-10,12,29H,11H2,1-2H3,(H,27,28). The number of fused-ring (bicyclic) bond motifs is 2. The van der Waals surface area contributed by atoms with Gasteiger partial charge in [-0.15, -0.1) is 0 Å². The van der Waals surface area contributed by atoms with E-state index >= 15 is 0 Å². The zero-order valence-electron chi connectivity index (χ0n) is 17.7. The van der Waals surface area contributed by atoms with Gasteiger partial charge in [0.15, 0.2) is 0 Å². The lowest BCUT2D eigenvalue weighted by atomic mass is 10.1. The molecule has 7 nitrogen and oxygen atoms in total. The van der Waals surface area contributed by atoms with Crippen LogP contribution in [0.5, 0.6) is 5.88 Å². The minimum Gasteiger partial charge on any atom is -0.480 e. The van der Waals surface area contributed by atoms with Gasteiger partial charge in [0.2, 0.25) is 11.8 Å². The Morgan fingerprint density at radius 2 is 2.03 bits per heavy atom. The molecule has 33 heavy (non-hydrogen) atoms. The lowest BCUT2D eigenvalue weighted by Crippen LogP contribution is -2.20. The van der Waals surface area contributed by atoms with Gasteiger partial charge in [-0.25, -0.2) is 18.7 Å². The molecule has 1 aliphatic rings. The molecule has 0 saturated carbocycles. The Morgan fingerprint density at radius 1 is 1.18 bits per heavy atom. The van der Waals surface area contributed by atoms with Crippen LogP contribution in [0.4, 0.5) is 20.4 Å². The third-order valence-corrected chi connectivity index (χ3v) is 6.20. The maximum Gasteiger partial charge on any atom is 0.262 e. The molecule has 1 atom stereocenters. The molecule has 4 aromatic rings. The lowest BCUT2D eigenvalue weighted by molar-refractivity contribution is 0.400. The highest BCUT2D eigenvalue weighted by molar-refractivity contribution is 8.00. The number of benzene rings is 2. The number of anilines is 2. The molecular weight excluding hydrogens is 448 g/mol. The highest BCUT2D eigenvalue weighted by Crippen LogP contribution is 2.33. The first-order valence-electron chi connectivity index (χ1n) is 10.2. The number of ether oxygens (including phenoxy) is 1. The summed E-state index contributed by atoms with van der Waals surface area (Å²) in [7, 11) is 1.48. The second-order valence-electron chi connectivity index (χ2n) is 7.69. The number of pyridine rings is 1. The van der Waals surface area contributed by atoms with Crippen LogP contribution in [-0.2, 0) is 6.54 Å². The number of hydrogen-bond acceptors (Lipinski definition) is 7. The Balaban J connectivity index is 1.50. The Morgan fingerprint density at radius 3 is 2.82 bits per heavy atom. The predicted molar refractivity (Wildman–Crippen MR) is 125 cm³/mol. The van der Waals surface area contributed by atoms with Gasteiger partial charge in [-0.3, -0.25) is 9.36 Å². The number of nitrogens with one attached hydrogen (secondary N) is 2. The fraction of sp³-hybridized carbons (Fsp3) is 0.174. The molecule has 2 N–H and O–H groups in total. The van der Waals surface area contributed by atoms with Gasteiger partial charge >= 0.3 is 0 Å². The quantitative estimate of drug-likeness (QED) is 0.413. The highest BCUT2D eigenvalue weighted by atomic mass is 32.2. The minimum atomic E-state index is -0.672. The molecule has 1 aliphatic heterocycles. The van der Waals surface area contributed by atoms with E-state index in [1.165, 1.54) is 19.2 Å². The van der Waals surface area contributed by atoms with Crippen LogP contribution in [-0.4, -0.2) is 27.7 Å². The van der Waals surface area contributed by atoms with E-state index in [9.17, 15) is 13.6 Å². The summed E-state index contributed by atoms with van der Waals surface area (Å²) < 4.78 is 37.1. The van der Waals surface area contributed by atoms with Gasteiger partial charge in [0, 0.05) is 30.4 Å². The van der Waals surface area contributed by atoms with E-state index < -0.39 is 11.6 Å². The second-order valence-corrected chi connectivity index (χ2v) is 8.54. The van der Waals surface area contributed by atoms with Crippen molar-refractivity contribution in [3.05, 3.63) is 70.6 Å². The fourth-order valence-corrected chi connectivity index (χ4v) is 4.39. The van der Waals surface area contributed by atoms with Crippen LogP contribution >= 0.6 is 11.9 Å². The molecule has 0 saturated heterocycles. The average Bonchev–Trinajstić information content (AvgIpc) is 3.18. The van der Waals surface area contributed by atoms with Crippen molar-refractivity contribution in [1.29, 1.82) is 0 Å². The summed E-state index contributed by atoms with van der Waals surface area (Å²) >= 11 is 0.979. The molecule has 10 heteroatoms. The Labute approximate surface area is 192 Å². The van der Waals surface area contributed by atoms with E-state index in [0.29, 0.717) is 35.0 Å². The first kappa shape index (κ1) is 21.2. The maximum absolute atomic E-state index is 14.0. The summed E-state index contributed by atoms with van der Waals surface area (Å²) in [6.45, 7) is 2.56. The summed E-state index contributed by atoms with van der Waals surface area (Å²) in [6, 6.07) is 10.8. The summed E-state index contributed by atoms with van der Waals surface area (Å²) in [5.41, 5.74) is 2.52. The van der Waals surface area contributed by atoms with Crippen LogP contribution in [0.25, 0.3) is 22.0 Å². The topological polar surface area (TPSA) is 81.1 Å². The maximum atomic E-state index is 14.0. The Hall–Kier alpha value is -3.66. The van der Waals surface area contributed by atoms with E-state index in [1.54, 1.807) is 29.0 Å². The van der Waals surface area contributed by atoms with Gasteiger partial charge in [0.05, 0.1) is 22.9 Å². The average molecular weight is 468 g/mol. The fourth-order valence-electron chi connectivity index (χ4n) is 3.73. The monoisotopic (exact) mass is 467 g/mol. The number of halogens is 2. The highest BCUT2D eigenvalue weighted by Gasteiger charge is 2.21. The molecule has 2 aromatic heterocycles. The van der Waals surface area contributed by atoms with Gasteiger partial charge in [-0.05, 0) is 54.8 Å². The van der Waals surface area contributed by atoms with Crippen LogP contribution in [0.1, 0.15) is 6.92 Å². The predicted octanol–water partition coefficient (Wildman–Crippen LogP) is 4.68. The molecule has 168 valence electrons. The summed E-state index contributed by atoms with van der Waals surface area (Å²) in [5.74, 6) is -0.422. The first-order valence-corrected chi connectivity index (χ1v) is 11.0. The number of aromatic nitrogens is 3. The largest absolute Gasteiger partial charge is 0.480 e. The van der Waals surface area contributed by atoms with Crippen molar-refractivity contribution in [2.45, 2.75) is 24.4 Å². The van der Waals surface area contributed by atoms with Crippen LogP contribution in [0, 0.1) is 11.6 Å². The van der Waals surface area contributed by atoms with E-state index in [1.807, 2.05) is 13.0 Å². The zero-order chi connectivity index (χ0) is 23.1. The number of rotatable bonds is 5. The van der Waals surface area contributed by atoms with E-state index in [4.69, 9.17) is 4.74 Å². The zero-order valence-corrected chi connectivity index (χ0v) is 18.5. The van der Waals surface area contributed by atoms with Crippen molar-refractivity contribution in [3.8, 4) is 17.0 Å². The van der Waals surface area contributed by atoms with Crippen LogP contribution in [0.2, 0.25) is 0 Å². The summed E-state index contributed by atoms with van der Waals surface area (Å²) in [5, 5.41) is 3.72. The first-order chi connectivity index (χ1) is 15.9. The van der Waals surface area contributed by atoms with Crippen LogP contribution < -0.4 is 20.3 Å². The molecule has 0 fully saturated rings. The van der Waals surface area contributed by atoms with Crippen molar-refractivity contribution in [3.63, 3.8) is 0 Å². The summed E-state index contributed by atoms with van der Waals surface area (Å²) in [4.78, 5) is 22.1. The van der Waals surface area contributed by atoms with Gasteiger partial charge in [0.25, 0.3) is 5.56 Å². The normalized spacial score (nSPS) is 14.7. The Kier molecular flexibility index (Phi) is 5.37. The van der Waals surface area contributed by atoms with E-state index in [-0.39, 0.29) is 16.5 Å². The SMILES string of the molecule is COc1ncc(-c2ccc3nc4n(c(=O)c3c2)CC(C)N4)cc1NSc1ccc(F)cc1F. The lowest BCUT2D eigenvalue weighted by Gasteiger charge is -2.12. The molecule has 2 aromatic carbocycles. The molecule has 5 rings (SSSR count). The third kappa shape index (κ3) is 3.97. The Bertz CT molecular complexity index is 1440. The summed E-state index contributed by atoms with van der Waals surface area (Å²) in [6.07, 6.45) is 1.64. The molecule has 0 amide bonds. The van der Waals surface area contributed by atoms with Crippen LogP contribution in [0.15, 0.2) is 58.4 Å². The van der Waals surface area contributed by atoms with Crippen molar-refractivity contribution in [2.24, 2.45) is 0 Å². The molecule has 3 heterocycles. The number of hydrogen-bond donors (Lipinski definition) is 2. The molecule has 0 radical (unpaired) electrons. The molecule has 0 spiro atoms. The molecule has 1 unspecified atom stereocenters. The van der Waals surface area contributed by atoms with Gasteiger partial charge in [-0.2, -0.15) is 0 Å². The smallest absolute Gasteiger partial charge is 0.262 e. The van der Waals surface area contributed by atoms with E-state index in [0.717, 1.165) is 29.1 Å². The molecular formula is C23H19F2N5O2S. The van der Waals surface area contributed by atoms with Gasteiger partial charge in [-0.1, -0.05) is 6.07 Å². The van der Waals surface area contributed by atoms with E-state index in [2.05, 4.69) is 20.0 Å². The third-order valence-electron chi connectivity index (χ3n) is 5.33. The second kappa shape index (κ2) is 8.36. The van der Waals surface area contributed by atoms with Crippen molar-refractivity contribution in [1.82, 2.24) is 14.5 Å². The number of methoxy groups -OCH3 is 1. The van der Waals surface area contributed by atoms with Gasteiger partial charge < -0.3 is 14.8 Å². The van der Waals surface area contributed by atoms with Crippen molar-refractivity contribution < 1.29 is 13.5 Å². The van der Waals surface area contributed by atoms with Crippen LogP contribution in [0.3, 0.4) is 0 Å². The minimum absolute atomic E-state index is 0.101. The molecule has 0 aliphatic carbocycles. The van der Waals surface area contributed by atoms with Gasteiger partial charge in [0.1, 0.15) is 17.3 Å². The molecule has 0 bridgehead atoms.